The van der Waals surface area contributed by atoms with Gasteiger partial charge in [-0.15, -0.1) is 0 Å². The number of aliphatic imine (C=N–C) groups is 2. The average molecular weight is 1120 g/mol. The molecule has 0 amide bonds. The number of carboxylic acids is 1. The Labute approximate surface area is 455 Å². The molecule has 22 nitrogen and oxygen atoms in total. The lowest BCUT2D eigenvalue weighted by molar-refractivity contribution is -0.870. The van der Waals surface area contributed by atoms with E-state index in [4.69, 9.17) is 40.1 Å². The molecule has 3 aliphatic carbocycles. The van der Waals surface area contributed by atoms with E-state index in [2.05, 4.69) is 33.5 Å². The highest BCUT2D eigenvalue weighted by molar-refractivity contribution is 8.77. The second-order valence-corrected chi connectivity index (χ2v) is 24.6. The maximum Gasteiger partial charge on any atom is 0.343 e. The van der Waals surface area contributed by atoms with Crippen molar-refractivity contribution in [2.45, 2.75) is 157 Å². The van der Waals surface area contributed by atoms with Gasteiger partial charge in [0.1, 0.15) is 42.7 Å². The Balaban J connectivity index is 1.36. The maximum atomic E-state index is 15.6. The van der Waals surface area contributed by atoms with Gasteiger partial charge in [0.25, 0.3) is 0 Å². The molecule has 0 aromatic carbocycles. The number of nitrogens with two attached hydrogens (primary N) is 2. The highest BCUT2D eigenvalue weighted by atomic mass is 33.1. The van der Waals surface area contributed by atoms with Gasteiger partial charge in [-0.25, -0.2) is 9.59 Å². The van der Waals surface area contributed by atoms with Crippen molar-refractivity contribution in [3.05, 3.63) is 58.2 Å². The number of rotatable bonds is 13. The Kier molecular flexibility index (Phi) is 18.4. The quantitative estimate of drug-likeness (QED) is 0.0156. The van der Waals surface area contributed by atoms with Crippen molar-refractivity contribution >= 4 is 45.4 Å². The zero-order chi connectivity index (χ0) is 54.8. The van der Waals surface area contributed by atoms with E-state index in [1.54, 1.807) is 36.9 Å². The summed E-state index contributed by atoms with van der Waals surface area (Å²) in [5, 5.41) is 94.2. The molecule has 9 aliphatic rings. The number of nitrogens with zero attached hydrogens (tertiary/aromatic N) is 2. The Morgan fingerprint density at radius 1 is 1.13 bits per heavy atom. The van der Waals surface area contributed by atoms with Crippen LogP contribution in [0, 0.1) is 40.9 Å². The molecular formula is C53H76N7O15S2+. The number of aliphatic hydroxyl groups excluding tert-OH is 5. The minimum absolute atomic E-state index is 0.0586. The van der Waals surface area contributed by atoms with Crippen LogP contribution >= 0.6 is 21.6 Å². The first-order valence-electron chi connectivity index (χ1n) is 27.0. The second-order valence-electron chi connectivity index (χ2n) is 22.0. The van der Waals surface area contributed by atoms with Crippen LogP contribution in [0.2, 0.25) is 0 Å². The first kappa shape index (κ1) is 57.5. The van der Waals surface area contributed by atoms with E-state index in [0.29, 0.717) is 73.2 Å². The number of esters is 1. The Hall–Kier alpha value is -4.20. The number of carbonyl (C=O) groups is 2. The number of hydrogen-bond acceptors (Lipinski definition) is 20. The Morgan fingerprint density at radius 2 is 1.92 bits per heavy atom. The molecule has 16 unspecified atom stereocenters. The number of aliphatic carboxylic acids is 1. The molecule has 6 aliphatic heterocycles. The van der Waals surface area contributed by atoms with Crippen molar-refractivity contribution in [1.29, 1.82) is 0 Å². The van der Waals surface area contributed by atoms with Crippen LogP contribution < -0.4 is 27.0 Å². The fourth-order valence-corrected chi connectivity index (χ4v) is 16.4. The Morgan fingerprint density at radius 3 is 2.64 bits per heavy atom. The molecule has 6 heterocycles. The number of ether oxygens (including phenoxy) is 5. The topological polar surface area (TPSA) is 347 Å². The third kappa shape index (κ3) is 12.1. The van der Waals surface area contributed by atoms with Crippen molar-refractivity contribution in [3.63, 3.8) is 0 Å². The SMILES string of the molecule is CC(C)OC1C(OC2OC=C3C(=O)OC4CCC(CO)C4CSSC4C5C#CC(=CC6=C(NC(N)=NCCCO)C(C(=O)O)=C[NH+](C6)C4CO)C3C2(C=C2CCCC2)CCC2CC(C5)NC(N)=N2)OC(CO)C(O)C1(O)O. The summed E-state index contributed by atoms with van der Waals surface area (Å²) < 4.78 is 32.8. The van der Waals surface area contributed by atoms with Crippen LogP contribution in [0.5, 0.6) is 0 Å². The number of guanidine groups is 2. The van der Waals surface area contributed by atoms with E-state index in [1.165, 1.54) is 17.1 Å². The van der Waals surface area contributed by atoms with Gasteiger partial charge in [-0.2, -0.15) is 0 Å². The van der Waals surface area contributed by atoms with Gasteiger partial charge in [0.2, 0.25) is 12.1 Å². The van der Waals surface area contributed by atoms with E-state index in [-0.39, 0.29) is 92.0 Å². The fraction of sp³-hybridized carbons (Fsp3) is 0.698. The van der Waals surface area contributed by atoms with Crippen LogP contribution in [0.1, 0.15) is 84.5 Å². The van der Waals surface area contributed by atoms with Crippen molar-refractivity contribution < 1.29 is 79.0 Å². The number of fused-ring (bicyclic) bond motifs is 5. The van der Waals surface area contributed by atoms with Crippen LogP contribution in [-0.2, 0) is 33.3 Å². The smallest absolute Gasteiger partial charge is 0.343 e. The lowest BCUT2D eigenvalue weighted by Gasteiger charge is -2.51. The molecule has 0 aromatic heterocycles. The summed E-state index contributed by atoms with van der Waals surface area (Å²) >= 11 is 0. The minimum Gasteiger partial charge on any atom is -0.477 e. The standard InChI is InChI=1S/C53H75N7O15S2/c1-27(2)72-45-48(74-40(24-64)44(65)53(45,69)70)75-49-52(19-28-6-3-4-7-28)13-12-33-18-34(58-51(55)57-33)17-30-9-8-29-16-32-20-60(21-35(46(66)67)42(32)59-50(54)56-14-5-15-61)38(23-63)43(30)77-76-26-37-31(22-62)10-11-39(37)73-47(68)36(25-71-49)41(29)52/h16,19,21,25,27,30-31,33-34,37-41,43-45,48-49,61-65,69-70H,3-7,10-15,17-18,20,22-24,26H2,1-2H3,(H,66,67)(H3,54,56,59)(H3,55,57,58)/p+1. The maximum absolute atomic E-state index is 15.6. The molecule has 0 spiro atoms. The van der Waals surface area contributed by atoms with Gasteiger partial charge in [-0.1, -0.05) is 45.1 Å². The molecule has 15 N–H and O–H groups in total. The van der Waals surface area contributed by atoms with Crippen molar-refractivity contribution in [3.8, 4) is 11.8 Å². The first-order chi connectivity index (χ1) is 37.0. The summed E-state index contributed by atoms with van der Waals surface area (Å²) in [4.78, 5) is 39.3. The summed E-state index contributed by atoms with van der Waals surface area (Å²) in [5.41, 5.74) is 13.4. The molecular weight excluding hydrogens is 1040 g/mol. The monoisotopic (exact) mass is 1110 g/mol. The van der Waals surface area contributed by atoms with Gasteiger partial charge >= 0.3 is 11.9 Å². The summed E-state index contributed by atoms with van der Waals surface area (Å²) in [5.74, 6) is 0.728. The zero-order valence-corrected chi connectivity index (χ0v) is 45.1. The lowest BCUT2D eigenvalue weighted by atomic mass is 9.62. The molecule has 3 fully saturated rings. The molecule has 8 bridgehead atoms. The van der Waals surface area contributed by atoms with E-state index < -0.39 is 96.0 Å². The number of aliphatic hydroxyl groups is 7. The van der Waals surface area contributed by atoms with Crippen molar-refractivity contribution in [1.82, 2.24) is 10.6 Å². The number of quaternary nitrogens is 1. The molecule has 424 valence electrons. The van der Waals surface area contributed by atoms with Crippen LogP contribution in [0.4, 0.5) is 0 Å². The van der Waals surface area contributed by atoms with Gasteiger partial charge in [0, 0.05) is 60.5 Å². The van der Waals surface area contributed by atoms with Gasteiger partial charge in [0.15, 0.2) is 24.3 Å². The van der Waals surface area contributed by atoms with Crippen molar-refractivity contribution in [2.24, 2.45) is 50.5 Å². The lowest BCUT2D eigenvalue weighted by Crippen LogP contribution is -3.14. The molecule has 16 atom stereocenters. The number of nitrogens with one attached hydrogen (secondary N) is 3. The van der Waals surface area contributed by atoms with Crippen molar-refractivity contribution in [2.75, 3.05) is 45.3 Å². The van der Waals surface area contributed by atoms with E-state index in [1.807, 2.05) is 0 Å². The largest absolute Gasteiger partial charge is 0.477 e. The summed E-state index contributed by atoms with van der Waals surface area (Å²) in [6.07, 6.45) is 2.78. The molecule has 1 saturated heterocycles. The predicted octanol–water partition coefficient (Wildman–Crippen LogP) is -0.850. The number of allylic oxidation sites excluding steroid dienone is 2. The van der Waals surface area contributed by atoms with E-state index in [0.717, 1.165) is 18.4 Å². The van der Waals surface area contributed by atoms with E-state index in [9.17, 15) is 45.6 Å². The number of carboxylic acid groups (broad SMARTS) is 1. The van der Waals surface area contributed by atoms with Crippen LogP contribution in [0.15, 0.2) is 68.2 Å². The van der Waals surface area contributed by atoms with E-state index >= 15 is 4.79 Å². The summed E-state index contributed by atoms with van der Waals surface area (Å²) in [7, 11) is 3.08. The molecule has 0 aromatic rings. The number of carbonyl (C=O) groups excluding carboxylic acids is 1. The molecule has 24 heteroatoms. The molecule has 0 radical (unpaired) electrons. The third-order valence-electron chi connectivity index (χ3n) is 16.6. The molecule has 2 saturated carbocycles. The molecule has 9 rings (SSSR count). The molecule has 77 heavy (non-hydrogen) atoms. The van der Waals surface area contributed by atoms with Crippen LogP contribution in [0.3, 0.4) is 0 Å². The normalized spacial score (nSPS) is 38.1. The zero-order valence-electron chi connectivity index (χ0n) is 43.5. The van der Waals surface area contributed by atoms with Gasteiger partial charge < -0.3 is 86.6 Å². The number of hydrogen-bond donors (Lipinski definition) is 13. The highest BCUT2D eigenvalue weighted by Crippen LogP contribution is 2.55. The van der Waals surface area contributed by atoms with Gasteiger partial charge in [-0.05, 0) is 96.5 Å². The van der Waals surface area contributed by atoms with Crippen LogP contribution in [-0.4, -0.2) is 182 Å². The van der Waals surface area contributed by atoms with Crippen LogP contribution in [0.25, 0.3) is 0 Å². The summed E-state index contributed by atoms with van der Waals surface area (Å²) in [6.45, 7) is 2.09. The van der Waals surface area contributed by atoms with Gasteiger partial charge in [0.05, 0.1) is 53.6 Å². The minimum atomic E-state index is -3.02. The second kappa shape index (κ2) is 24.7. The predicted molar refractivity (Wildman–Crippen MR) is 283 cm³/mol. The van der Waals surface area contributed by atoms with Gasteiger partial charge in [-0.3, -0.25) is 14.9 Å². The fourth-order valence-electron chi connectivity index (χ4n) is 12.8. The average Bonchev–Trinajstić information content (AvgIpc) is 4.09. The summed E-state index contributed by atoms with van der Waals surface area (Å²) in [6, 6.07) is -1.28. The highest BCUT2D eigenvalue weighted by Gasteiger charge is 2.61. The Bertz CT molecular complexity index is 2480. The first-order valence-corrected chi connectivity index (χ1v) is 29.4. The third-order valence-corrected chi connectivity index (χ3v) is 19.6.